The van der Waals surface area contributed by atoms with Crippen molar-refractivity contribution in [2.24, 2.45) is 5.92 Å². The zero-order chi connectivity index (χ0) is 22.0. The normalized spacial score (nSPS) is 18.1. The lowest BCUT2D eigenvalue weighted by Crippen LogP contribution is -2.48. The van der Waals surface area contributed by atoms with Crippen LogP contribution in [0.5, 0.6) is 5.75 Å². The average Bonchev–Trinajstić information content (AvgIpc) is 3.46. The Morgan fingerprint density at radius 1 is 1.23 bits per heavy atom. The van der Waals surface area contributed by atoms with Gasteiger partial charge in [0.2, 0.25) is 11.8 Å². The Bertz CT molecular complexity index is 923. The molecule has 2 heterocycles. The fraction of sp³-hybridized carbons (Fsp3) is 0.500. The van der Waals surface area contributed by atoms with Crippen LogP contribution in [0.2, 0.25) is 5.02 Å². The molecule has 1 unspecified atom stereocenters. The molecule has 1 atom stereocenters. The highest BCUT2D eigenvalue weighted by atomic mass is 35.5. The zero-order valence-corrected chi connectivity index (χ0v) is 19.6. The number of fused-ring (bicyclic) bond motifs is 1. The first kappa shape index (κ1) is 22.2. The van der Waals surface area contributed by atoms with Gasteiger partial charge in [0.25, 0.3) is 0 Å². The summed E-state index contributed by atoms with van der Waals surface area (Å²) in [5.74, 6) is 1.11. The molecule has 2 amide bonds. The van der Waals surface area contributed by atoms with Crippen molar-refractivity contribution in [1.29, 1.82) is 0 Å². The number of ether oxygens (including phenoxy) is 1. The van der Waals surface area contributed by atoms with Crippen LogP contribution >= 0.6 is 22.9 Å². The number of nitrogens with zero attached hydrogens (tertiary/aromatic N) is 2. The first-order valence-corrected chi connectivity index (χ1v) is 12.2. The molecule has 2 aromatic rings. The van der Waals surface area contributed by atoms with E-state index in [4.69, 9.17) is 16.3 Å². The minimum atomic E-state index is -0.153. The van der Waals surface area contributed by atoms with E-state index in [1.807, 2.05) is 35.8 Å². The lowest BCUT2D eigenvalue weighted by molar-refractivity contribution is -0.143. The van der Waals surface area contributed by atoms with Gasteiger partial charge in [-0.25, -0.2) is 0 Å². The molecule has 31 heavy (non-hydrogen) atoms. The lowest BCUT2D eigenvalue weighted by atomic mass is 10.00. The number of hydrogen-bond acceptors (Lipinski definition) is 4. The first-order chi connectivity index (χ1) is 14.9. The highest BCUT2D eigenvalue weighted by Gasteiger charge is 2.37. The van der Waals surface area contributed by atoms with Crippen molar-refractivity contribution >= 4 is 34.8 Å². The van der Waals surface area contributed by atoms with Crippen LogP contribution in [0.25, 0.3) is 0 Å². The molecule has 0 N–H and O–H groups in total. The third kappa shape index (κ3) is 5.42. The molecule has 0 bridgehead atoms. The van der Waals surface area contributed by atoms with Crippen LogP contribution in [-0.4, -0.2) is 47.4 Å². The largest absolute Gasteiger partial charge is 0.491 e. The summed E-state index contributed by atoms with van der Waals surface area (Å²) in [7, 11) is 0. The van der Waals surface area contributed by atoms with Crippen molar-refractivity contribution in [3.8, 4) is 5.75 Å². The maximum absolute atomic E-state index is 13.4. The van der Waals surface area contributed by atoms with Crippen LogP contribution in [0.1, 0.15) is 49.6 Å². The van der Waals surface area contributed by atoms with E-state index in [1.165, 1.54) is 4.88 Å². The fourth-order valence-electron chi connectivity index (χ4n) is 4.09. The summed E-state index contributed by atoms with van der Waals surface area (Å²) in [6.07, 6.45) is 3.32. The molecule has 7 heteroatoms. The second-order valence-electron chi connectivity index (χ2n) is 8.77. The highest BCUT2D eigenvalue weighted by molar-refractivity contribution is 7.10. The smallest absolute Gasteiger partial charge is 0.242 e. The third-order valence-electron chi connectivity index (χ3n) is 5.83. The number of thiophene rings is 1. The van der Waals surface area contributed by atoms with Gasteiger partial charge < -0.3 is 14.5 Å². The van der Waals surface area contributed by atoms with Gasteiger partial charge in [-0.05, 0) is 66.5 Å². The Hall–Kier alpha value is -2.05. The number of carbonyl (C=O) groups is 2. The van der Waals surface area contributed by atoms with E-state index in [2.05, 4.69) is 11.4 Å². The Morgan fingerprint density at radius 2 is 1.97 bits per heavy atom. The second-order valence-corrected chi connectivity index (χ2v) is 10.2. The number of amides is 2. The predicted molar refractivity (Wildman–Crippen MR) is 124 cm³/mol. The third-order valence-corrected chi connectivity index (χ3v) is 7.08. The van der Waals surface area contributed by atoms with Gasteiger partial charge in [0, 0.05) is 28.9 Å². The van der Waals surface area contributed by atoms with Crippen LogP contribution in [0.15, 0.2) is 35.7 Å². The molecule has 1 aromatic heterocycles. The molecular formula is C24H29ClN2O3S. The van der Waals surface area contributed by atoms with E-state index in [9.17, 15) is 9.59 Å². The zero-order valence-electron chi connectivity index (χ0n) is 18.1. The van der Waals surface area contributed by atoms with Gasteiger partial charge in [0.1, 0.15) is 18.9 Å². The van der Waals surface area contributed by atoms with Crippen LogP contribution in [-0.2, 0) is 16.0 Å². The van der Waals surface area contributed by atoms with Crippen LogP contribution in [0.3, 0.4) is 0 Å². The summed E-state index contributed by atoms with van der Waals surface area (Å²) in [6, 6.07) is 9.43. The van der Waals surface area contributed by atoms with Crippen molar-refractivity contribution in [2.75, 3.05) is 19.7 Å². The summed E-state index contributed by atoms with van der Waals surface area (Å²) in [6.45, 7) is 5.26. The molecule has 1 aromatic carbocycles. The number of halogens is 1. The van der Waals surface area contributed by atoms with Crippen molar-refractivity contribution in [1.82, 2.24) is 9.80 Å². The molecule has 1 aliphatic carbocycles. The number of carbonyl (C=O) groups excluding carboxylic acids is 2. The Kier molecular flexibility index (Phi) is 6.87. The van der Waals surface area contributed by atoms with Crippen molar-refractivity contribution in [3.63, 3.8) is 0 Å². The van der Waals surface area contributed by atoms with E-state index in [1.54, 1.807) is 23.5 Å². The first-order valence-electron chi connectivity index (χ1n) is 11.0. The van der Waals surface area contributed by atoms with E-state index in [0.717, 1.165) is 30.6 Å². The van der Waals surface area contributed by atoms with Crippen LogP contribution in [0.4, 0.5) is 0 Å². The van der Waals surface area contributed by atoms with E-state index in [0.29, 0.717) is 24.6 Å². The van der Waals surface area contributed by atoms with Gasteiger partial charge in [0.05, 0.1) is 6.04 Å². The molecule has 0 radical (unpaired) electrons. The maximum Gasteiger partial charge on any atom is 0.242 e. The van der Waals surface area contributed by atoms with Gasteiger partial charge >= 0.3 is 0 Å². The van der Waals surface area contributed by atoms with Gasteiger partial charge in [-0.1, -0.05) is 25.4 Å². The predicted octanol–water partition coefficient (Wildman–Crippen LogP) is 4.94. The fourth-order valence-corrected chi connectivity index (χ4v) is 5.14. The van der Waals surface area contributed by atoms with Crippen molar-refractivity contribution in [2.45, 2.75) is 51.6 Å². The summed E-state index contributed by atoms with van der Waals surface area (Å²) in [4.78, 5) is 31.2. The topological polar surface area (TPSA) is 49.9 Å². The number of rotatable bonds is 8. The summed E-state index contributed by atoms with van der Waals surface area (Å²) in [5, 5.41) is 2.74. The molecule has 5 nitrogen and oxygen atoms in total. The quantitative estimate of drug-likeness (QED) is 0.560. The molecule has 4 rings (SSSR count). The summed E-state index contributed by atoms with van der Waals surface area (Å²) in [5.41, 5.74) is 1.16. The lowest BCUT2D eigenvalue weighted by Gasteiger charge is -2.37. The molecular weight excluding hydrogens is 432 g/mol. The summed E-state index contributed by atoms with van der Waals surface area (Å²) < 4.78 is 6.04. The average molecular weight is 461 g/mol. The second kappa shape index (κ2) is 9.61. The van der Waals surface area contributed by atoms with E-state index < -0.39 is 0 Å². The van der Waals surface area contributed by atoms with Gasteiger partial charge in [-0.15, -0.1) is 11.3 Å². The van der Waals surface area contributed by atoms with Crippen molar-refractivity contribution in [3.05, 3.63) is 51.2 Å². The molecule has 1 fully saturated rings. The number of hydrogen-bond donors (Lipinski definition) is 0. The minimum absolute atomic E-state index is 0.00515. The Balaban J connectivity index is 1.48. The molecule has 1 saturated carbocycles. The molecule has 166 valence electrons. The molecule has 2 aliphatic rings. The molecule has 1 aliphatic heterocycles. The van der Waals surface area contributed by atoms with Crippen molar-refractivity contribution < 1.29 is 14.3 Å². The highest BCUT2D eigenvalue weighted by Crippen LogP contribution is 2.35. The van der Waals surface area contributed by atoms with Crippen LogP contribution in [0, 0.1) is 5.92 Å². The standard InChI is InChI=1S/C24H29ClN2O3S/c1-16(2)13-23(28)27(18-5-6-18)14-24(29)26-11-9-22-20(10-12-31-22)21(26)15-30-19-7-3-17(25)4-8-19/h3-4,7-8,10,12,16,18,21H,5-6,9,11,13-15H2,1-2H3. The monoisotopic (exact) mass is 460 g/mol. The van der Waals surface area contributed by atoms with E-state index >= 15 is 0 Å². The van der Waals surface area contributed by atoms with Gasteiger partial charge in [-0.2, -0.15) is 0 Å². The SMILES string of the molecule is CC(C)CC(=O)N(CC(=O)N1CCc2sccc2C1COc1ccc(Cl)cc1)C1CC1. The van der Waals surface area contributed by atoms with Crippen LogP contribution < -0.4 is 4.74 Å². The summed E-state index contributed by atoms with van der Waals surface area (Å²) >= 11 is 7.71. The Labute approximate surface area is 192 Å². The van der Waals surface area contributed by atoms with Gasteiger partial charge in [0.15, 0.2) is 0 Å². The minimum Gasteiger partial charge on any atom is -0.491 e. The number of benzene rings is 1. The van der Waals surface area contributed by atoms with Gasteiger partial charge in [-0.3, -0.25) is 9.59 Å². The van der Waals surface area contributed by atoms with E-state index in [-0.39, 0.29) is 36.4 Å². The molecule has 0 spiro atoms. The Morgan fingerprint density at radius 3 is 2.65 bits per heavy atom. The maximum atomic E-state index is 13.4. The molecule has 0 saturated heterocycles.